The smallest absolute Gasteiger partial charge is 0.252 e. The van der Waals surface area contributed by atoms with Crippen molar-refractivity contribution >= 4 is 11.7 Å². The second kappa shape index (κ2) is 8.92. The molecule has 4 rings (SSSR count). The fourth-order valence-corrected chi connectivity index (χ4v) is 3.15. The first kappa shape index (κ1) is 19.2. The lowest BCUT2D eigenvalue weighted by molar-refractivity contribution is 0.0939. The van der Waals surface area contributed by atoms with Crippen molar-refractivity contribution in [3.05, 3.63) is 120 Å². The maximum atomic E-state index is 12.8. The molecule has 0 unspecified atom stereocenters. The minimum Gasteiger partial charge on any atom is -0.346 e. The van der Waals surface area contributed by atoms with E-state index >= 15 is 0 Å². The molecular weight excluding hydrogens is 374 g/mol. The van der Waals surface area contributed by atoms with Crippen molar-refractivity contribution in [2.75, 3.05) is 0 Å². The number of ketones is 1. The highest BCUT2D eigenvalue weighted by atomic mass is 16.2. The van der Waals surface area contributed by atoms with E-state index < -0.39 is 0 Å². The Bertz CT molecular complexity index is 1180. The van der Waals surface area contributed by atoms with Gasteiger partial charge in [-0.1, -0.05) is 78.9 Å². The number of hydrogen-bond acceptors (Lipinski definition) is 4. The molecule has 3 aromatic carbocycles. The molecule has 1 aromatic heterocycles. The predicted octanol–water partition coefficient (Wildman–Crippen LogP) is 4.30. The summed E-state index contributed by atoms with van der Waals surface area (Å²) in [4.78, 5) is 34.2. The summed E-state index contributed by atoms with van der Waals surface area (Å²) in [7, 11) is 0. The van der Waals surface area contributed by atoms with Gasteiger partial charge in [0.05, 0.1) is 23.5 Å². The Hall–Kier alpha value is -4.12. The summed E-state index contributed by atoms with van der Waals surface area (Å²) in [6.45, 7) is 0.231. The minimum absolute atomic E-state index is 0.185. The second-order valence-corrected chi connectivity index (χ2v) is 6.68. The van der Waals surface area contributed by atoms with Crippen molar-refractivity contribution in [3.63, 3.8) is 0 Å². The summed E-state index contributed by atoms with van der Waals surface area (Å²) in [5, 5.41) is 2.86. The summed E-state index contributed by atoms with van der Waals surface area (Å²) >= 11 is 0. The van der Waals surface area contributed by atoms with Crippen molar-refractivity contribution in [1.29, 1.82) is 0 Å². The van der Waals surface area contributed by atoms with E-state index in [9.17, 15) is 9.59 Å². The van der Waals surface area contributed by atoms with Crippen LogP contribution >= 0.6 is 0 Å². The van der Waals surface area contributed by atoms with Crippen molar-refractivity contribution in [3.8, 4) is 11.3 Å². The maximum Gasteiger partial charge on any atom is 0.252 e. The van der Waals surface area contributed by atoms with Gasteiger partial charge in [0.2, 0.25) is 0 Å². The first-order valence-corrected chi connectivity index (χ1v) is 9.56. The van der Waals surface area contributed by atoms with Gasteiger partial charge in [0.15, 0.2) is 5.78 Å². The Balaban J connectivity index is 1.51. The molecule has 0 spiro atoms. The third kappa shape index (κ3) is 4.31. The van der Waals surface area contributed by atoms with Gasteiger partial charge in [0.1, 0.15) is 6.33 Å². The fourth-order valence-electron chi connectivity index (χ4n) is 3.15. The molecule has 0 radical (unpaired) electrons. The summed E-state index contributed by atoms with van der Waals surface area (Å²) in [6, 6.07) is 27.4. The average molecular weight is 393 g/mol. The molecular formula is C25H19N3O2. The Morgan fingerprint density at radius 2 is 1.37 bits per heavy atom. The zero-order chi connectivity index (χ0) is 20.8. The molecule has 0 bridgehead atoms. The van der Waals surface area contributed by atoms with E-state index in [4.69, 9.17) is 0 Å². The highest BCUT2D eigenvalue weighted by Crippen LogP contribution is 2.17. The van der Waals surface area contributed by atoms with Crippen LogP contribution in [0.15, 0.2) is 97.3 Å². The van der Waals surface area contributed by atoms with E-state index in [-0.39, 0.29) is 18.2 Å². The SMILES string of the molecule is O=C(NCc1cc(-c2ccccc2)ncn1)c1ccccc1C(=O)c1ccccc1. The van der Waals surface area contributed by atoms with Crippen LogP contribution in [-0.2, 0) is 6.54 Å². The Morgan fingerprint density at radius 1 is 0.733 bits per heavy atom. The largest absolute Gasteiger partial charge is 0.346 e. The Labute approximate surface area is 174 Å². The van der Waals surface area contributed by atoms with Gasteiger partial charge in [-0.15, -0.1) is 0 Å². The van der Waals surface area contributed by atoms with Crippen LogP contribution in [0.25, 0.3) is 11.3 Å². The lowest BCUT2D eigenvalue weighted by Gasteiger charge is -2.10. The molecule has 1 heterocycles. The zero-order valence-corrected chi connectivity index (χ0v) is 16.2. The predicted molar refractivity (Wildman–Crippen MR) is 115 cm³/mol. The van der Waals surface area contributed by atoms with Gasteiger partial charge < -0.3 is 5.32 Å². The Morgan fingerprint density at radius 3 is 2.10 bits per heavy atom. The van der Waals surface area contributed by atoms with Crippen LogP contribution in [0.4, 0.5) is 0 Å². The molecule has 5 heteroatoms. The number of rotatable bonds is 6. The van der Waals surface area contributed by atoms with Gasteiger partial charge in [-0.05, 0) is 12.1 Å². The number of hydrogen-bond donors (Lipinski definition) is 1. The normalized spacial score (nSPS) is 10.4. The number of amides is 1. The minimum atomic E-state index is -0.324. The van der Waals surface area contributed by atoms with Gasteiger partial charge in [-0.25, -0.2) is 9.97 Å². The zero-order valence-electron chi connectivity index (χ0n) is 16.2. The highest BCUT2D eigenvalue weighted by Gasteiger charge is 2.17. The third-order valence-corrected chi connectivity index (χ3v) is 4.68. The van der Waals surface area contributed by atoms with Gasteiger partial charge in [0, 0.05) is 16.7 Å². The maximum absolute atomic E-state index is 12.8. The van der Waals surface area contributed by atoms with E-state index in [0.29, 0.717) is 22.4 Å². The highest BCUT2D eigenvalue weighted by molar-refractivity contribution is 6.15. The third-order valence-electron chi connectivity index (χ3n) is 4.68. The number of nitrogens with one attached hydrogen (secondary N) is 1. The molecule has 146 valence electrons. The van der Waals surface area contributed by atoms with Crippen molar-refractivity contribution < 1.29 is 9.59 Å². The molecule has 0 aliphatic heterocycles. The first-order chi connectivity index (χ1) is 14.7. The van der Waals surface area contributed by atoms with Gasteiger partial charge in [0.25, 0.3) is 5.91 Å². The summed E-state index contributed by atoms with van der Waals surface area (Å²) < 4.78 is 0. The molecule has 0 fully saturated rings. The fraction of sp³-hybridized carbons (Fsp3) is 0.0400. The van der Waals surface area contributed by atoms with E-state index in [2.05, 4.69) is 15.3 Å². The van der Waals surface area contributed by atoms with Crippen molar-refractivity contribution in [1.82, 2.24) is 15.3 Å². The molecule has 0 aliphatic carbocycles. The lowest BCUT2D eigenvalue weighted by Crippen LogP contribution is -2.25. The molecule has 0 atom stereocenters. The standard InChI is InChI=1S/C25H19N3O2/c29-24(19-11-5-2-6-12-19)21-13-7-8-14-22(21)25(30)26-16-20-15-23(28-17-27-20)18-9-3-1-4-10-18/h1-15,17H,16H2,(H,26,30). The second-order valence-electron chi connectivity index (χ2n) is 6.68. The van der Waals surface area contributed by atoms with Crippen LogP contribution in [0.1, 0.15) is 32.0 Å². The van der Waals surface area contributed by atoms with Crippen LogP contribution in [0, 0.1) is 0 Å². The molecule has 0 saturated carbocycles. The average Bonchev–Trinajstić information content (AvgIpc) is 2.83. The van der Waals surface area contributed by atoms with Gasteiger partial charge in [-0.2, -0.15) is 0 Å². The van der Waals surface area contributed by atoms with Crippen LogP contribution in [0.2, 0.25) is 0 Å². The number of benzene rings is 3. The molecule has 4 aromatic rings. The number of nitrogens with zero attached hydrogens (tertiary/aromatic N) is 2. The van der Waals surface area contributed by atoms with Crippen LogP contribution in [0.5, 0.6) is 0 Å². The monoisotopic (exact) mass is 393 g/mol. The summed E-state index contributed by atoms with van der Waals surface area (Å²) in [6.07, 6.45) is 1.48. The van der Waals surface area contributed by atoms with Gasteiger partial charge >= 0.3 is 0 Å². The molecule has 5 nitrogen and oxygen atoms in total. The molecule has 1 amide bonds. The van der Waals surface area contributed by atoms with E-state index in [1.165, 1.54) is 6.33 Å². The van der Waals surface area contributed by atoms with Crippen LogP contribution < -0.4 is 5.32 Å². The summed E-state index contributed by atoms with van der Waals surface area (Å²) in [5.74, 6) is -0.510. The van der Waals surface area contributed by atoms with Gasteiger partial charge in [-0.3, -0.25) is 9.59 Å². The van der Waals surface area contributed by atoms with Crippen LogP contribution in [0.3, 0.4) is 0 Å². The van der Waals surface area contributed by atoms with Crippen molar-refractivity contribution in [2.45, 2.75) is 6.54 Å². The molecule has 0 aliphatic rings. The number of carbonyl (C=O) groups is 2. The quantitative estimate of drug-likeness (QED) is 0.496. The molecule has 30 heavy (non-hydrogen) atoms. The summed E-state index contributed by atoms with van der Waals surface area (Å²) in [5.41, 5.74) is 3.70. The van der Waals surface area contributed by atoms with E-state index in [1.54, 1.807) is 48.5 Å². The Kier molecular flexibility index (Phi) is 5.71. The lowest BCUT2D eigenvalue weighted by atomic mass is 9.98. The first-order valence-electron chi connectivity index (χ1n) is 9.56. The number of carbonyl (C=O) groups excluding carboxylic acids is 2. The molecule has 1 N–H and O–H groups in total. The van der Waals surface area contributed by atoms with E-state index in [0.717, 1.165) is 11.3 Å². The molecule has 0 saturated heterocycles. The number of aromatic nitrogens is 2. The topological polar surface area (TPSA) is 72.0 Å². The van der Waals surface area contributed by atoms with Crippen molar-refractivity contribution in [2.24, 2.45) is 0 Å². The van der Waals surface area contributed by atoms with E-state index in [1.807, 2.05) is 42.5 Å². The van der Waals surface area contributed by atoms with Crippen LogP contribution in [-0.4, -0.2) is 21.7 Å².